The minimum Gasteiger partial charge on any atom is -0.493 e. The number of aliphatic imine (C=N–C) groups is 1. The van der Waals surface area contributed by atoms with E-state index in [1.54, 1.807) is 24.3 Å². The molecule has 0 radical (unpaired) electrons. The molecule has 0 saturated carbocycles. The van der Waals surface area contributed by atoms with Crippen LogP contribution in [-0.4, -0.2) is 20.4 Å². The van der Waals surface area contributed by atoms with Gasteiger partial charge in [0.2, 0.25) is 5.88 Å². The Labute approximate surface area is 166 Å². The number of nitrogens with one attached hydrogen (secondary N) is 1. The number of nitrogens with zero attached hydrogens (tertiary/aromatic N) is 2. The average Bonchev–Trinajstić information content (AvgIpc) is 2.68. The average molecular weight is 398 g/mol. The molecule has 1 atom stereocenters. The summed E-state index contributed by atoms with van der Waals surface area (Å²) in [6, 6.07) is 15.8. The monoisotopic (exact) mass is 397 g/mol. The fraction of sp³-hybridized carbons (Fsp3) is 0.190. The molecule has 0 aliphatic carbocycles. The van der Waals surface area contributed by atoms with Gasteiger partial charge in [0.1, 0.15) is 5.56 Å². The lowest BCUT2D eigenvalue weighted by molar-refractivity contribution is 0.429. The molecule has 0 fully saturated rings. The summed E-state index contributed by atoms with van der Waals surface area (Å²) in [7, 11) is 0. The second kappa shape index (κ2) is 8.27. The van der Waals surface area contributed by atoms with Gasteiger partial charge in [0.15, 0.2) is 0 Å². The van der Waals surface area contributed by atoms with E-state index in [4.69, 9.17) is 11.6 Å². The van der Waals surface area contributed by atoms with Gasteiger partial charge in [-0.25, -0.2) is 9.36 Å². The van der Waals surface area contributed by atoms with Crippen LogP contribution < -0.4 is 11.2 Å². The maximum atomic E-state index is 12.5. The highest BCUT2D eigenvalue weighted by Gasteiger charge is 2.20. The molecule has 28 heavy (non-hydrogen) atoms. The van der Waals surface area contributed by atoms with Crippen LogP contribution in [0.2, 0.25) is 5.02 Å². The Hall–Kier alpha value is -3.12. The van der Waals surface area contributed by atoms with Gasteiger partial charge >= 0.3 is 5.69 Å². The molecule has 3 rings (SSSR count). The van der Waals surface area contributed by atoms with Crippen LogP contribution in [0.5, 0.6) is 5.88 Å². The third kappa shape index (κ3) is 3.92. The predicted octanol–water partition coefficient (Wildman–Crippen LogP) is 3.85. The summed E-state index contributed by atoms with van der Waals surface area (Å²) in [5.41, 5.74) is 0.359. The van der Waals surface area contributed by atoms with Crippen LogP contribution >= 0.6 is 11.6 Å². The van der Waals surface area contributed by atoms with E-state index < -0.39 is 17.1 Å². The molecule has 1 aromatic heterocycles. The first kappa shape index (κ1) is 19.6. The van der Waals surface area contributed by atoms with Gasteiger partial charge in [0.05, 0.1) is 17.4 Å². The zero-order valence-corrected chi connectivity index (χ0v) is 16.3. The maximum Gasteiger partial charge on any atom is 0.335 e. The van der Waals surface area contributed by atoms with Crippen LogP contribution in [0.15, 0.2) is 69.2 Å². The number of aromatic amines is 1. The molecule has 0 aliphatic rings. The largest absolute Gasteiger partial charge is 0.493 e. The highest BCUT2D eigenvalue weighted by atomic mass is 35.5. The Morgan fingerprint density at radius 1 is 1.14 bits per heavy atom. The summed E-state index contributed by atoms with van der Waals surface area (Å²) >= 11 is 5.90. The van der Waals surface area contributed by atoms with Crippen molar-refractivity contribution >= 4 is 17.3 Å². The molecule has 0 unspecified atom stereocenters. The summed E-state index contributed by atoms with van der Waals surface area (Å²) in [6.07, 6.45) is 0.409. The lowest BCUT2D eigenvalue weighted by Crippen LogP contribution is -2.33. The number of aromatic nitrogens is 2. The van der Waals surface area contributed by atoms with E-state index in [1.807, 2.05) is 44.2 Å². The normalized spacial score (nSPS) is 12.8. The smallest absolute Gasteiger partial charge is 0.335 e. The lowest BCUT2D eigenvalue weighted by Gasteiger charge is -2.14. The molecule has 6 nitrogen and oxygen atoms in total. The van der Waals surface area contributed by atoms with Crippen molar-refractivity contribution in [3.63, 3.8) is 0 Å². The van der Waals surface area contributed by atoms with Gasteiger partial charge in [-0.2, -0.15) is 0 Å². The van der Waals surface area contributed by atoms with E-state index in [0.29, 0.717) is 22.8 Å². The molecule has 2 aromatic carbocycles. The fourth-order valence-corrected chi connectivity index (χ4v) is 3.11. The van der Waals surface area contributed by atoms with Crippen molar-refractivity contribution in [1.82, 2.24) is 9.55 Å². The summed E-state index contributed by atoms with van der Waals surface area (Å²) in [4.78, 5) is 31.7. The van der Waals surface area contributed by atoms with E-state index in [9.17, 15) is 14.7 Å². The summed E-state index contributed by atoms with van der Waals surface area (Å²) < 4.78 is 1.03. The van der Waals surface area contributed by atoms with Crippen molar-refractivity contribution in [1.29, 1.82) is 0 Å². The van der Waals surface area contributed by atoms with Gasteiger partial charge in [-0.1, -0.05) is 48.9 Å². The molecule has 0 saturated heterocycles. The van der Waals surface area contributed by atoms with Crippen molar-refractivity contribution in [2.45, 2.75) is 26.3 Å². The number of hydrogen-bond donors (Lipinski definition) is 2. The van der Waals surface area contributed by atoms with Crippen molar-refractivity contribution < 1.29 is 5.11 Å². The Bertz CT molecular complexity index is 1120. The third-order valence-electron chi connectivity index (χ3n) is 4.43. The molecule has 144 valence electrons. The zero-order chi connectivity index (χ0) is 20.3. The number of aromatic hydroxyl groups is 1. The van der Waals surface area contributed by atoms with Gasteiger partial charge in [-0.15, -0.1) is 0 Å². The highest BCUT2D eigenvalue weighted by Crippen LogP contribution is 2.23. The van der Waals surface area contributed by atoms with Gasteiger partial charge in [-0.3, -0.25) is 14.8 Å². The Morgan fingerprint density at radius 2 is 1.79 bits per heavy atom. The topological polar surface area (TPSA) is 87.4 Å². The van der Waals surface area contributed by atoms with Crippen molar-refractivity contribution in [2.24, 2.45) is 4.99 Å². The molecular formula is C21H20ClN3O3. The highest BCUT2D eigenvalue weighted by molar-refractivity contribution is 6.30. The molecule has 7 heteroatoms. The van der Waals surface area contributed by atoms with Crippen LogP contribution in [0.25, 0.3) is 5.69 Å². The predicted molar refractivity (Wildman–Crippen MR) is 111 cm³/mol. The summed E-state index contributed by atoms with van der Waals surface area (Å²) in [5.74, 6) is -0.447. The lowest BCUT2D eigenvalue weighted by atomic mass is 10.1. The molecule has 0 spiro atoms. The minimum atomic E-state index is -0.736. The number of benzene rings is 2. The second-order valence-corrected chi connectivity index (χ2v) is 6.72. The first-order valence-electron chi connectivity index (χ1n) is 8.88. The van der Waals surface area contributed by atoms with Gasteiger partial charge in [0.25, 0.3) is 5.56 Å². The summed E-state index contributed by atoms with van der Waals surface area (Å²) in [5, 5.41) is 11.3. The quantitative estimate of drug-likeness (QED) is 0.641. The molecule has 3 aromatic rings. The minimum absolute atomic E-state index is 0.0140. The maximum absolute atomic E-state index is 12.5. The van der Waals surface area contributed by atoms with Crippen molar-refractivity contribution in [3.8, 4) is 11.6 Å². The Balaban J connectivity index is 2.16. The fourth-order valence-electron chi connectivity index (χ4n) is 2.99. The number of rotatable bonds is 5. The molecule has 0 amide bonds. The van der Waals surface area contributed by atoms with Gasteiger partial charge < -0.3 is 5.11 Å². The first-order valence-corrected chi connectivity index (χ1v) is 9.26. The van der Waals surface area contributed by atoms with Crippen molar-refractivity contribution in [3.05, 3.63) is 91.6 Å². The Morgan fingerprint density at radius 3 is 2.39 bits per heavy atom. The van der Waals surface area contributed by atoms with Crippen LogP contribution in [0.4, 0.5) is 0 Å². The molecular weight excluding hydrogens is 378 g/mol. The van der Waals surface area contributed by atoms with Crippen LogP contribution in [0, 0.1) is 0 Å². The van der Waals surface area contributed by atoms with Gasteiger partial charge in [0, 0.05) is 5.02 Å². The van der Waals surface area contributed by atoms with Crippen LogP contribution in [0.3, 0.4) is 0 Å². The standard InChI is InChI=1S/C21H20ClN3O3/c1-3-17(23-13(2)14-7-5-4-6-8-14)18-19(26)24-21(28)25(20(18)27)16-11-9-15(22)10-12-16/h4-13,27H,3H2,1-2H3,(H,24,26,28)/t13-/m0/s1. The molecule has 0 aliphatic heterocycles. The van der Waals surface area contributed by atoms with E-state index in [-0.39, 0.29) is 11.6 Å². The van der Waals surface area contributed by atoms with Crippen molar-refractivity contribution in [2.75, 3.05) is 0 Å². The van der Waals surface area contributed by atoms with Crippen LogP contribution in [0.1, 0.15) is 37.4 Å². The number of halogens is 1. The first-order chi connectivity index (χ1) is 13.4. The van der Waals surface area contributed by atoms with Gasteiger partial charge in [-0.05, 0) is 43.2 Å². The van der Waals surface area contributed by atoms with E-state index in [2.05, 4.69) is 9.98 Å². The SMILES string of the molecule is CCC(=N[C@@H](C)c1ccccc1)c1c(O)n(-c2ccc(Cl)cc2)c(=O)[nH]c1=O. The third-order valence-corrected chi connectivity index (χ3v) is 4.68. The number of hydrogen-bond acceptors (Lipinski definition) is 4. The van der Waals surface area contributed by atoms with E-state index in [0.717, 1.165) is 10.1 Å². The molecule has 2 N–H and O–H groups in total. The Kier molecular flexibility index (Phi) is 5.80. The van der Waals surface area contributed by atoms with E-state index >= 15 is 0 Å². The second-order valence-electron chi connectivity index (χ2n) is 6.29. The van der Waals surface area contributed by atoms with Crippen LogP contribution in [-0.2, 0) is 0 Å². The molecule has 1 heterocycles. The summed E-state index contributed by atoms with van der Waals surface area (Å²) in [6.45, 7) is 3.75. The molecule has 0 bridgehead atoms. The zero-order valence-electron chi connectivity index (χ0n) is 15.5. The number of H-pyrrole nitrogens is 1. The van der Waals surface area contributed by atoms with E-state index in [1.165, 1.54) is 0 Å².